The van der Waals surface area contributed by atoms with Gasteiger partial charge in [0.2, 0.25) is 11.8 Å². The van der Waals surface area contributed by atoms with E-state index in [2.05, 4.69) is 4.90 Å². The van der Waals surface area contributed by atoms with Crippen molar-refractivity contribution in [1.29, 1.82) is 0 Å². The molecule has 1 aromatic carbocycles. The number of hydrogen-bond acceptors (Lipinski definition) is 4. The molecule has 2 amide bonds. The molecule has 0 radical (unpaired) electrons. The van der Waals surface area contributed by atoms with E-state index in [-0.39, 0.29) is 17.9 Å². The Morgan fingerprint density at radius 1 is 0.885 bits per heavy atom. The second-order valence-electron chi connectivity index (χ2n) is 7.39. The molecule has 6 nitrogen and oxygen atoms in total. The Labute approximate surface area is 154 Å². The van der Waals surface area contributed by atoms with Crippen molar-refractivity contribution in [2.75, 3.05) is 52.5 Å². The van der Waals surface area contributed by atoms with Gasteiger partial charge in [-0.2, -0.15) is 0 Å². The first kappa shape index (κ1) is 17.5. The van der Waals surface area contributed by atoms with Crippen LogP contribution in [0, 0.1) is 5.92 Å². The normalized spacial score (nSPS) is 22.9. The lowest BCUT2D eigenvalue weighted by molar-refractivity contribution is -0.143. The molecule has 140 valence electrons. The van der Waals surface area contributed by atoms with Crippen molar-refractivity contribution in [1.82, 2.24) is 14.7 Å². The minimum atomic E-state index is -0.271. The molecule has 1 aliphatic carbocycles. The number of morpholine rings is 1. The molecule has 3 fully saturated rings. The van der Waals surface area contributed by atoms with Gasteiger partial charge in [0.05, 0.1) is 13.2 Å². The fraction of sp³-hybridized carbons (Fsp3) is 0.600. The second kappa shape index (κ2) is 7.76. The van der Waals surface area contributed by atoms with Crippen molar-refractivity contribution in [2.45, 2.75) is 18.9 Å². The summed E-state index contributed by atoms with van der Waals surface area (Å²) in [5.74, 6) is 0.725. The van der Waals surface area contributed by atoms with Crippen LogP contribution in [-0.2, 0) is 14.3 Å². The molecular formula is C20H27N3O3. The predicted octanol–water partition coefficient (Wildman–Crippen LogP) is 1.14. The van der Waals surface area contributed by atoms with Crippen LogP contribution in [0.2, 0.25) is 0 Å². The molecule has 2 heterocycles. The van der Waals surface area contributed by atoms with Gasteiger partial charge in [0.1, 0.15) is 6.04 Å². The molecule has 0 spiro atoms. The summed E-state index contributed by atoms with van der Waals surface area (Å²) in [5, 5.41) is 0. The van der Waals surface area contributed by atoms with Gasteiger partial charge in [-0.25, -0.2) is 0 Å². The molecule has 2 aliphatic heterocycles. The van der Waals surface area contributed by atoms with E-state index in [0.29, 0.717) is 32.2 Å². The van der Waals surface area contributed by atoms with Crippen molar-refractivity contribution in [3.05, 3.63) is 35.9 Å². The number of hydrogen-bond donors (Lipinski definition) is 0. The van der Waals surface area contributed by atoms with Crippen LogP contribution in [0.4, 0.5) is 0 Å². The molecule has 3 aliphatic rings. The van der Waals surface area contributed by atoms with Crippen LogP contribution in [0.5, 0.6) is 0 Å². The Morgan fingerprint density at radius 3 is 2.15 bits per heavy atom. The lowest BCUT2D eigenvalue weighted by Crippen LogP contribution is -2.54. The molecule has 1 saturated carbocycles. The first-order valence-corrected chi connectivity index (χ1v) is 9.68. The smallest absolute Gasteiger partial charge is 0.244 e. The van der Waals surface area contributed by atoms with Crippen molar-refractivity contribution >= 4 is 11.8 Å². The fourth-order valence-corrected chi connectivity index (χ4v) is 3.89. The molecule has 6 heteroatoms. The van der Waals surface area contributed by atoms with Crippen molar-refractivity contribution < 1.29 is 14.3 Å². The maximum Gasteiger partial charge on any atom is 0.244 e. The SMILES string of the molecule is O=C(C1CC1)N1CCN([C@H](C(=O)N2CCOCC2)c2ccccc2)CC1. The van der Waals surface area contributed by atoms with E-state index in [1.165, 1.54) is 0 Å². The molecule has 26 heavy (non-hydrogen) atoms. The zero-order valence-corrected chi connectivity index (χ0v) is 15.2. The first-order valence-electron chi connectivity index (χ1n) is 9.68. The molecule has 0 bridgehead atoms. The zero-order chi connectivity index (χ0) is 17.9. The minimum Gasteiger partial charge on any atom is -0.378 e. The third kappa shape index (κ3) is 3.76. The number of nitrogens with zero attached hydrogens (tertiary/aromatic N) is 3. The highest BCUT2D eigenvalue weighted by Gasteiger charge is 2.38. The number of benzene rings is 1. The van der Waals surface area contributed by atoms with Gasteiger partial charge >= 0.3 is 0 Å². The summed E-state index contributed by atoms with van der Waals surface area (Å²) >= 11 is 0. The van der Waals surface area contributed by atoms with Gasteiger partial charge < -0.3 is 14.5 Å². The highest BCUT2D eigenvalue weighted by Crippen LogP contribution is 2.32. The summed E-state index contributed by atoms with van der Waals surface area (Å²) in [5.41, 5.74) is 1.03. The summed E-state index contributed by atoms with van der Waals surface area (Å²) in [6.07, 6.45) is 2.09. The summed E-state index contributed by atoms with van der Waals surface area (Å²) in [4.78, 5) is 31.7. The quantitative estimate of drug-likeness (QED) is 0.811. The van der Waals surface area contributed by atoms with Crippen molar-refractivity contribution in [3.8, 4) is 0 Å². The van der Waals surface area contributed by atoms with Gasteiger partial charge in [0.15, 0.2) is 0 Å². The van der Waals surface area contributed by atoms with E-state index in [0.717, 1.165) is 44.6 Å². The largest absolute Gasteiger partial charge is 0.378 e. The monoisotopic (exact) mass is 357 g/mol. The summed E-state index contributed by atoms with van der Waals surface area (Å²) in [7, 11) is 0. The average Bonchev–Trinajstić information content (AvgIpc) is 3.55. The van der Waals surface area contributed by atoms with Gasteiger partial charge in [0, 0.05) is 45.2 Å². The first-order chi connectivity index (χ1) is 12.7. The highest BCUT2D eigenvalue weighted by molar-refractivity contribution is 5.84. The third-order valence-corrected chi connectivity index (χ3v) is 5.59. The second-order valence-corrected chi connectivity index (χ2v) is 7.39. The van der Waals surface area contributed by atoms with Crippen LogP contribution in [0.3, 0.4) is 0 Å². The third-order valence-electron chi connectivity index (χ3n) is 5.59. The van der Waals surface area contributed by atoms with Gasteiger partial charge in [0.25, 0.3) is 0 Å². The van der Waals surface area contributed by atoms with Gasteiger partial charge in [-0.1, -0.05) is 30.3 Å². The van der Waals surface area contributed by atoms with Crippen molar-refractivity contribution in [3.63, 3.8) is 0 Å². The lowest BCUT2D eigenvalue weighted by atomic mass is 10.0. The molecule has 2 saturated heterocycles. The van der Waals surface area contributed by atoms with E-state index in [1.807, 2.05) is 40.1 Å². The molecule has 4 rings (SSSR count). The fourth-order valence-electron chi connectivity index (χ4n) is 3.89. The summed E-state index contributed by atoms with van der Waals surface area (Å²) < 4.78 is 5.40. The number of ether oxygens (including phenoxy) is 1. The number of piperazine rings is 1. The summed E-state index contributed by atoms with van der Waals surface area (Å²) in [6.45, 7) is 5.45. The number of amides is 2. The van der Waals surface area contributed by atoms with Crippen LogP contribution in [0.15, 0.2) is 30.3 Å². The number of carbonyl (C=O) groups excluding carboxylic acids is 2. The number of carbonyl (C=O) groups is 2. The molecule has 0 unspecified atom stereocenters. The van der Waals surface area contributed by atoms with E-state index >= 15 is 0 Å². The van der Waals surface area contributed by atoms with Gasteiger partial charge in [-0.3, -0.25) is 14.5 Å². The van der Waals surface area contributed by atoms with E-state index in [4.69, 9.17) is 4.74 Å². The van der Waals surface area contributed by atoms with Crippen molar-refractivity contribution in [2.24, 2.45) is 5.92 Å². The Balaban J connectivity index is 1.48. The Bertz CT molecular complexity index is 633. The maximum absolute atomic E-state index is 13.3. The highest BCUT2D eigenvalue weighted by atomic mass is 16.5. The molecule has 1 aromatic rings. The van der Waals surface area contributed by atoms with Crippen LogP contribution in [-0.4, -0.2) is 79.0 Å². The topological polar surface area (TPSA) is 53.1 Å². The average molecular weight is 357 g/mol. The minimum absolute atomic E-state index is 0.154. The van der Waals surface area contributed by atoms with Crippen LogP contribution >= 0.6 is 0 Å². The van der Waals surface area contributed by atoms with E-state index < -0.39 is 0 Å². The molecule has 1 atom stereocenters. The maximum atomic E-state index is 13.3. The van der Waals surface area contributed by atoms with Crippen LogP contribution in [0.25, 0.3) is 0 Å². The standard InChI is InChI=1S/C20H27N3O3/c24-19(17-6-7-17)22-10-8-21(9-11-22)18(16-4-2-1-3-5-16)20(25)23-12-14-26-15-13-23/h1-5,17-18H,6-15H2/t18-/m0/s1. The van der Waals surface area contributed by atoms with E-state index in [1.54, 1.807) is 0 Å². The summed E-state index contributed by atoms with van der Waals surface area (Å²) in [6, 6.07) is 9.75. The molecule has 0 aromatic heterocycles. The zero-order valence-electron chi connectivity index (χ0n) is 15.2. The predicted molar refractivity (Wildman–Crippen MR) is 97.5 cm³/mol. The van der Waals surface area contributed by atoms with E-state index in [9.17, 15) is 9.59 Å². The Kier molecular flexibility index (Phi) is 5.22. The lowest BCUT2D eigenvalue weighted by Gasteiger charge is -2.41. The molecular weight excluding hydrogens is 330 g/mol. The molecule has 0 N–H and O–H groups in total. The van der Waals surface area contributed by atoms with Crippen LogP contribution in [0.1, 0.15) is 24.4 Å². The number of rotatable bonds is 4. The van der Waals surface area contributed by atoms with Crippen LogP contribution < -0.4 is 0 Å². The van der Waals surface area contributed by atoms with Gasteiger partial charge in [-0.15, -0.1) is 0 Å². The van der Waals surface area contributed by atoms with Gasteiger partial charge in [-0.05, 0) is 18.4 Å². The Morgan fingerprint density at radius 2 is 1.54 bits per heavy atom. The Hall–Kier alpha value is -1.92.